The van der Waals surface area contributed by atoms with Gasteiger partial charge in [-0.05, 0) is 12.5 Å². The Labute approximate surface area is 65.2 Å². The molecule has 1 aliphatic rings. The Morgan fingerprint density at radius 1 is 1.00 bits per heavy atom. The minimum absolute atomic E-state index is 1.11. The van der Waals surface area contributed by atoms with Gasteiger partial charge in [-0.3, -0.25) is 0 Å². The van der Waals surface area contributed by atoms with Crippen molar-refractivity contribution in [2.24, 2.45) is 0 Å². The van der Waals surface area contributed by atoms with Crippen LogP contribution in [-0.4, -0.2) is 40.9 Å². The van der Waals surface area contributed by atoms with Gasteiger partial charge in [0, 0.05) is 13.1 Å². The fourth-order valence-electron chi connectivity index (χ4n) is 0.838. The lowest BCUT2D eigenvalue weighted by Gasteiger charge is -2.11. The van der Waals surface area contributed by atoms with E-state index in [4.69, 9.17) is 0 Å². The average molecular weight is 164 g/mol. The van der Waals surface area contributed by atoms with Crippen molar-refractivity contribution in [1.29, 1.82) is 0 Å². The van der Waals surface area contributed by atoms with E-state index >= 15 is 0 Å². The molecule has 0 unspecified atom stereocenters. The summed E-state index contributed by atoms with van der Waals surface area (Å²) >= 11 is 3.66. The summed E-state index contributed by atoms with van der Waals surface area (Å²) < 4.78 is 4.72. The van der Waals surface area contributed by atoms with Crippen LogP contribution in [0.2, 0.25) is 0 Å². The lowest BCUT2D eigenvalue weighted by Crippen LogP contribution is -2.13. The summed E-state index contributed by atoms with van der Waals surface area (Å²) in [5.74, 6) is 0. The first kappa shape index (κ1) is 7.72. The zero-order valence-corrected chi connectivity index (χ0v) is 7.47. The van der Waals surface area contributed by atoms with E-state index in [-0.39, 0.29) is 0 Å². The SMILES string of the molecule is CSN1CCN(SC)C1. The highest BCUT2D eigenvalue weighted by atomic mass is 32.2. The van der Waals surface area contributed by atoms with Gasteiger partial charge in [-0.15, -0.1) is 0 Å². The van der Waals surface area contributed by atoms with Gasteiger partial charge in [-0.1, -0.05) is 23.9 Å². The summed E-state index contributed by atoms with van der Waals surface area (Å²) in [6.07, 6.45) is 4.26. The van der Waals surface area contributed by atoms with E-state index in [9.17, 15) is 0 Å². The van der Waals surface area contributed by atoms with E-state index in [0.717, 1.165) is 6.67 Å². The quantitative estimate of drug-likeness (QED) is 0.564. The second-order valence-electron chi connectivity index (χ2n) is 1.92. The number of hydrogen-bond acceptors (Lipinski definition) is 4. The molecule has 0 saturated carbocycles. The van der Waals surface area contributed by atoms with Crippen molar-refractivity contribution in [1.82, 2.24) is 8.61 Å². The van der Waals surface area contributed by atoms with Crippen molar-refractivity contribution in [2.45, 2.75) is 0 Å². The Hall–Kier alpha value is 0.620. The Bertz CT molecular complexity index is 79.0. The maximum absolute atomic E-state index is 2.36. The molecule has 1 saturated heterocycles. The molecule has 1 rings (SSSR count). The van der Waals surface area contributed by atoms with Gasteiger partial charge < -0.3 is 0 Å². The zero-order chi connectivity index (χ0) is 6.69. The molecule has 0 aromatic carbocycles. The molecule has 1 fully saturated rings. The fourth-order valence-corrected chi connectivity index (χ4v) is 1.95. The van der Waals surface area contributed by atoms with Gasteiger partial charge in [0.25, 0.3) is 0 Å². The topological polar surface area (TPSA) is 6.48 Å². The van der Waals surface area contributed by atoms with E-state index in [1.807, 2.05) is 23.9 Å². The Balaban J connectivity index is 2.20. The van der Waals surface area contributed by atoms with E-state index < -0.39 is 0 Å². The fraction of sp³-hybridized carbons (Fsp3) is 1.00. The van der Waals surface area contributed by atoms with Crippen molar-refractivity contribution in [3.63, 3.8) is 0 Å². The Morgan fingerprint density at radius 3 is 1.67 bits per heavy atom. The van der Waals surface area contributed by atoms with Gasteiger partial charge in [0.05, 0.1) is 6.67 Å². The van der Waals surface area contributed by atoms with Crippen molar-refractivity contribution < 1.29 is 0 Å². The van der Waals surface area contributed by atoms with Crippen molar-refractivity contribution in [3.05, 3.63) is 0 Å². The summed E-state index contributed by atoms with van der Waals surface area (Å²) in [6, 6.07) is 0. The molecular formula is C5H12N2S2. The van der Waals surface area contributed by atoms with Crippen LogP contribution in [0.25, 0.3) is 0 Å². The van der Waals surface area contributed by atoms with E-state index in [0.29, 0.717) is 0 Å². The summed E-state index contributed by atoms with van der Waals surface area (Å²) in [5, 5.41) is 0. The second kappa shape index (κ2) is 3.71. The standard InChI is InChI=1S/C5H12N2S2/c1-8-6-3-4-7(5-6)9-2/h3-5H2,1-2H3. The predicted octanol–water partition coefficient (Wildman–Crippen LogP) is 1.12. The molecule has 2 nitrogen and oxygen atoms in total. The first-order chi connectivity index (χ1) is 4.36. The van der Waals surface area contributed by atoms with Gasteiger partial charge in [0.15, 0.2) is 0 Å². The van der Waals surface area contributed by atoms with Crippen molar-refractivity contribution in [3.8, 4) is 0 Å². The second-order valence-corrected chi connectivity index (χ2v) is 3.68. The van der Waals surface area contributed by atoms with Gasteiger partial charge >= 0.3 is 0 Å². The molecule has 0 aliphatic carbocycles. The first-order valence-electron chi connectivity index (χ1n) is 2.95. The number of rotatable bonds is 2. The van der Waals surface area contributed by atoms with Gasteiger partial charge in [-0.2, -0.15) is 0 Å². The third-order valence-electron chi connectivity index (χ3n) is 1.43. The lowest BCUT2D eigenvalue weighted by molar-refractivity contribution is 0.496. The number of hydrogen-bond donors (Lipinski definition) is 0. The molecule has 0 bridgehead atoms. The van der Waals surface area contributed by atoms with Crippen LogP contribution in [-0.2, 0) is 0 Å². The maximum Gasteiger partial charge on any atom is 0.0705 e. The van der Waals surface area contributed by atoms with Crippen LogP contribution in [0.15, 0.2) is 0 Å². The summed E-state index contributed by atoms with van der Waals surface area (Å²) in [7, 11) is 0. The molecule has 0 spiro atoms. The zero-order valence-electron chi connectivity index (χ0n) is 5.83. The van der Waals surface area contributed by atoms with Crippen LogP contribution < -0.4 is 0 Å². The van der Waals surface area contributed by atoms with Crippen molar-refractivity contribution >= 4 is 23.9 Å². The molecule has 0 N–H and O–H groups in total. The van der Waals surface area contributed by atoms with E-state index in [1.165, 1.54) is 13.1 Å². The van der Waals surface area contributed by atoms with Crippen molar-refractivity contribution in [2.75, 3.05) is 32.3 Å². The molecule has 0 aromatic rings. The van der Waals surface area contributed by atoms with Gasteiger partial charge in [-0.25, -0.2) is 8.61 Å². The molecule has 0 atom stereocenters. The molecule has 0 radical (unpaired) electrons. The Morgan fingerprint density at radius 2 is 1.44 bits per heavy atom. The molecule has 0 aromatic heterocycles. The highest BCUT2D eigenvalue weighted by molar-refractivity contribution is 7.97. The summed E-state index contributed by atoms with van der Waals surface area (Å²) in [5.41, 5.74) is 0. The van der Waals surface area contributed by atoms with E-state index in [2.05, 4.69) is 21.1 Å². The normalized spacial score (nSPS) is 23.3. The van der Waals surface area contributed by atoms with Crippen LogP contribution in [0.5, 0.6) is 0 Å². The van der Waals surface area contributed by atoms with Crippen LogP contribution in [0.1, 0.15) is 0 Å². The Kier molecular flexibility index (Phi) is 3.18. The highest BCUT2D eigenvalue weighted by Crippen LogP contribution is 2.17. The molecule has 4 heteroatoms. The molecule has 1 aliphatic heterocycles. The largest absolute Gasteiger partial charge is 0.235 e. The van der Waals surface area contributed by atoms with Crippen LogP contribution in [0, 0.1) is 0 Å². The molecule has 1 heterocycles. The summed E-state index contributed by atoms with van der Waals surface area (Å²) in [4.78, 5) is 0. The molecule has 0 amide bonds. The lowest BCUT2D eigenvalue weighted by atomic mass is 10.7. The third kappa shape index (κ3) is 2.04. The highest BCUT2D eigenvalue weighted by Gasteiger charge is 2.17. The number of nitrogens with zero attached hydrogens (tertiary/aromatic N) is 2. The monoisotopic (exact) mass is 164 g/mol. The third-order valence-corrected chi connectivity index (χ3v) is 3.06. The molecule has 9 heavy (non-hydrogen) atoms. The maximum atomic E-state index is 2.36. The van der Waals surface area contributed by atoms with Gasteiger partial charge in [0.2, 0.25) is 0 Å². The minimum atomic E-state index is 1.11. The minimum Gasteiger partial charge on any atom is -0.235 e. The van der Waals surface area contributed by atoms with Gasteiger partial charge in [0.1, 0.15) is 0 Å². The van der Waals surface area contributed by atoms with Crippen LogP contribution in [0.4, 0.5) is 0 Å². The van der Waals surface area contributed by atoms with Crippen LogP contribution in [0.3, 0.4) is 0 Å². The average Bonchev–Trinajstić information content (AvgIpc) is 2.34. The van der Waals surface area contributed by atoms with Crippen LogP contribution >= 0.6 is 23.9 Å². The molecule has 54 valence electrons. The summed E-state index contributed by atoms with van der Waals surface area (Å²) in [6.45, 7) is 3.53. The molecular weight excluding hydrogens is 152 g/mol. The predicted molar refractivity (Wildman–Crippen MR) is 45.3 cm³/mol. The van der Waals surface area contributed by atoms with E-state index in [1.54, 1.807) is 0 Å². The first-order valence-corrected chi connectivity index (χ1v) is 5.31. The smallest absolute Gasteiger partial charge is 0.0705 e.